The molecule has 22 heavy (non-hydrogen) atoms. The van der Waals surface area contributed by atoms with E-state index in [1.165, 1.54) is 0 Å². The molecule has 0 radical (unpaired) electrons. The zero-order valence-corrected chi connectivity index (χ0v) is 13.8. The fourth-order valence-electron chi connectivity index (χ4n) is 1.76. The van der Waals surface area contributed by atoms with E-state index in [1.807, 2.05) is 0 Å². The first-order chi connectivity index (χ1) is 9.67. The lowest BCUT2D eigenvalue weighted by atomic mass is 10.1. The summed E-state index contributed by atoms with van der Waals surface area (Å²) in [5, 5.41) is 13.2. The zero-order chi connectivity index (χ0) is 15.8. The number of rotatable bonds is 4. The molecule has 1 aromatic heterocycles. The van der Waals surface area contributed by atoms with Crippen LogP contribution in [0.3, 0.4) is 0 Å². The highest BCUT2D eigenvalue weighted by Crippen LogP contribution is 2.30. The summed E-state index contributed by atoms with van der Waals surface area (Å²) in [6.07, 6.45) is 0. The summed E-state index contributed by atoms with van der Waals surface area (Å²) in [6, 6.07) is 2.25. The third-order valence-corrected chi connectivity index (χ3v) is 3.42. The Hall–Kier alpha value is -1.81. The highest BCUT2D eigenvalue weighted by molar-refractivity contribution is 8.93. The highest BCUT2D eigenvalue weighted by Gasteiger charge is 2.16. The van der Waals surface area contributed by atoms with E-state index in [-0.39, 0.29) is 45.8 Å². The van der Waals surface area contributed by atoms with Crippen LogP contribution < -0.4 is 16.2 Å². The first-order valence-corrected chi connectivity index (χ1v) is 7.77. The maximum absolute atomic E-state index is 11.3. The monoisotopic (exact) mass is 394 g/mol. The van der Waals surface area contributed by atoms with Gasteiger partial charge in [-0.15, -0.1) is 17.0 Å². The van der Waals surface area contributed by atoms with Gasteiger partial charge in [-0.25, -0.2) is 5.09 Å². The Labute approximate surface area is 133 Å². The van der Waals surface area contributed by atoms with Crippen LogP contribution in [-0.2, 0) is 11.1 Å². The van der Waals surface area contributed by atoms with Crippen LogP contribution in [-0.4, -0.2) is 26.4 Å². The van der Waals surface area contributed by atoms with Crippen molar-refractivity contribution in [3.05, 3.63) is 48.5 Å². The lowest BCUT2D eigenvalue weighted by Gasteiger charge is -2.10. The first-order valence-electron chi connectivity index (χ1n) is 5.66. The van der Waals surface area contributed by atoms with Crippen LogP contribution in [0.1, 0.15) is 5.56 Å². The minimum Gasteiger partial charge on any atom is -0.333 e. The number of nitrogens with zero attached hydrogens (tertiary/aromatic N) is 1. The van der Waals surface area contributed by atoms with Gasteiger partial charge in [0.1, 0.15) is 0 Å². The van der Waals surface area contributed by atoms with Crippen LogP contribution in [0.2, 0.25) is 0 Å². The Bertz CT molecular complexity index is 885. The second-order valence-corrected chi connectivity index (χ2v) is 6.48. The number of aromatic nitrogens is 2. The van der Waals surface area contributed by atoms with E-state index in [9.17, 15) is 29.2 Å². The first kappa shape index (κ1) is 18.2. The van der Waals surface area contributed by atoms with Gasteiger partial charge in [0.25, 0.3) is 13.2 Å². The molecule has 1 unspecified atom stereocenters. The standard InChI is InChI=1S/C10H11N4O6P.BrH/c1-21(19,20)11-4-5-2-6(14(17)18)3-7-8(5)13-10(16)9(15)12-7;/h2-3H,4H2,1H3,(H,12,15)(H,13,16)(H2,11,19,20);1H. The molecule has 0 spiro atoms. The Morgan fingerprint density at radius 1 is 1.32 bits per heavy atom. The molecule has 1 atom stereocenters. The largest absolute Gasteiger partial charge is 0.333 e. The molecule has 1 heterocycles. The average Bonchev–Trinajstić information content (AvgIpc) is 2.36. The average molecular weight is 395 g/mol. The molecule has 4 N–H and O–H groups in total. The molecule has 1 aromatic carbocycles. The normalized spacial score (nSPS) is 13.4. The number of nitro groups is 1. The van der Waals surface area contributed by atoms with Gasteiger partial charge in [-0.1, -0.05) is 0 Å². The number of non-ortho nitro benzene ring substituents is 1. The minimum absolute atomic E-state index is 0. The fraction of sp³-hybridized carbons (Fsp3) is 0.200. The van der Waals surface area contributed by atoms with E-state index in [0.29, 0.717) is 0 Å². The highest BCUT2D eigenvalue weighted by atomic mass is 79.9. The SMILES string of the molecule is Br.CP(=O)(O)NCc1cc([N+](=O)[O-])cc2[nH]c(=O)c(=O)[nH]c12. The molecular formula is C10H12BrN4O6P. The van der Waals surface area contributed by atoms with Crippen molar-refractivity contribution in [3.8, 4) is 0 Å². The molecule has 0 saturated carbocycles. The summed E-state index contributed by atoms with van der Waals surface area (Å²) in [7, 11) is -3.55. The summed E-state index contributed by atoms with van der Waals surface area (Å²) in [5.41, 5.74) is -1.73. The number of benzene rings is 1. The molecule has 0 aliphatic rings. The molecule has 0 bridgehead atoms. The van der Waals surface area contributed by atoms with Crippen molar-refractivity contribution in [2.75, 3.05) is 6.66 Å². The van der Waals surface area contributed by atoms with Gasteiger partial charge in [-0.05, 0) is 5.56 Å². The predicted molar refractivity (Wildman–Crippen MR) is 84.8 cm³/mol. The number of aromatic amines is 2. The Morgan fingerprint density at radius 3 is 2.45 bits per heavy atom. The van der Waals surface area contributed by atoms with Crippen LogP contribution in [0.15, 0.2) is 21.7 Å². The smallest absolute Gasteiger partial charge is 0.314 e. The van der Waals surface area contributed by atoms with E-state index in [0.717, 1.165) is 18.8 Å². The van der Waals surface area contributed by atoms with E-state index >= 15 is 0 Å². The molecule has 0 aliphatic heterocycles. The Morgan fingerprint density at radius 2 is 1.91 bits per heavy atom. The van der Waals surface area contributed by atoms with E-state index in [4.69, 9.17) is 0 Å². The van der Waals surface area contributed by atoms with Crippen LogP contribution in [0, 0.1) is 10.1 Å². The molecule has 0 amide bonds. The van der Waals surface area contributed by atoms with Crippen molar-refractivity contribution in [1.29, 1.82) is 0 Å². The van der Waals surface area contributed by atoms with Crippen molar-refractivity contribution >= 4 is 41.2 Å². The number of halogens is 1. The summed E-state index contributed by atoms with van der Waals surface area (Å²) in [6.45, 7) is 0.877. The maximum Gasteiger partial charge on any atom is 0.314 e. The molecular weight excluding hydrogens is 383 g/mol. The molecule has 10 nitrogen and oxygen atoms in total. The molecule has 120 valence electrons. The van der Waals surface area contributed by atoms with Crippen molar-refractivity contribution in [2.45, 2.75) is 6.54 Å². The number of hydrogen-bond donors (Lipinski definition) is 4. The van der Waals surface area contributed by atoms with Crippen molar-refractivity contribution in [1.82, 2.24) is 15.1 Å². The maximum atomic E-state index is 11.3. The van der Waals surface area contributed by atoms with Gasteiger partial charge in [0.05, 0.1) is 16.0 Å². The molecule has 0 fully saturated rings. The van der Waals surface area contributed by atoms with Crippen molar-refractivity contribution in [3.63, 3.8) is 0 Å². The fourth-order valence-corrected chi connectivity index (χ4v) is 2.22. The van der Waals surface area contributed by atoms with E-state index in [1.54, 1.807) is 0 Å². The molecule has 2 rings (SSSR count). The van der Waals surface area contributed by atoms with Crippen LogP contribution in [0.4, 0.5) is 5.69 Å². The topological polar surface area (TPSA) is 158 Å². The second-order valence-electron chi connectivity index (χ2n) is 4.41. The third-order valence-electron chi connectivity index (χ3n) is 2.67. The zero-order valence-electron chi connectivity index (χ0n) is 11.2. The quantitative estimate of drug-likeness (QED) is 0.256. The number of nitro benzene ring substituents is 1. The second kappa shape index (κ2) is 6.53. The lowest BCUT2D eigenvalue weighted by Crippen LogP contribution is -2.29. The molecule has 0 aliphatic carbocycles. The van der Waals surface area contributed by atoms with Gasteiger partial charge in [0.15, 0.2) is 0 Å². The minimum atomic E-state index is -3.55. The van der Waals surface area contributed by atoms with E-state index < -0.39 is 23.6 Å². The summed E-state index contributed by atoms with van der Waals surface area (Å²) < 4.78 is 11.2. The van der Waals surface area contributed by atoms with Crippen molar-refractivity contribution in [2.24, 2.45) is 0 Å². The number of nitrogens with one attached hydrogen (secondary N) is 3. The van der Waals surface area contributed by atoms with Gasteiger partial charge >= 0.3 is 11.1 Å². The van der Waals surface area contributed by atoms with Gasteiger partial charge in [0, 0.05) is 25.3 Å². The Kier molecular flexibility index (Phi) is 5.41. The predicted octanol–water partition coefficient (Wildman–Crippen LogP) is 0.607. The van der Waals surface area contributed by atoms with Crippen molar-refractivity contribution < 1.29 is 14.4 Å². The third kappa shape index (κ3) is 4.10. The number of hydrogen-bond acceptors (Lipinski definition) is 5. The van der Waals surface area contributed by atoms with Crippen LogP contribution in [0.25, 0.3) is 11.0 Å². The van der Waals surface area contributed by atoms with Gasteiger partial charge in [-0.3, -0.25) is 24.3 Å². The summed E-state index contributed by atoms with van der Waals surface area (Å²) >= 11 is 0. The van der Waals surface area contributed by atoms with Gasteiger partial charge in [0.2, 0.25) is 0 Å². The van der Waals surface area contributed by atoms with Crippen LogP contribution in [0.5, 0.6) is 0 Å². The van der Waals surface area contributed by atoms with Gasteiger partial charge in [-0.2, -0.15) is 0 Å². The Balaban J connectivity index is 0.00000242. The van der Waals surface area contributed by atoms with Crippen LogP contribution >= 0.6 is 24.5 Å². The summed E-state index contributed by atoms with van der Waals surface area (Å²) in [5.74, 6) is 0. The number of H-pyrrole nitrogens is 2. The molecule has 12 heteroatoms. The van der Waals surface area contributed by atoms with E-state index in [2.05, 4.69) is 15.1 Å². The van der Waals surface area contributed by atoms with Gasteiger partial charge < -0.3 is 14.9 Å². The molecule has 2 aromatic rings. The molecule has 0 saturated heterocycles. The summed E-state index contributed by atoms with van der Waals surface area (Å²) in [4.78, 5) is 46.6. The lowest BCUT2D eigenvalue weighted by molar-refractivity contribution is -0.384. The number of fused-ring (bicyclic) bond motifs is 1.